The van der Waals surface area contributed by atoms with E-state index < -0.39 is 0 Å². The van der Waals surface area contributed by atoms with Gasteiger partial charge in [0.2, 0.25) is 5.43 Å². The number of pyridine rings is 1. The van der Waals surface area contributed by atoms with Gasteiger partial charge in [-0.25, -0.2) is 0 Å². The predicted molar refractivity (Wildman–Crippen MR) is 87.6 cm³/mol. The average Bonchev–Trinajstić information content (AvgIpc) is 2.61. The van der Waals surface area contributed by atoms with Crippen molar-refractivity contribution in [3.63, 3.8) is 0 Å². The molecular formula is C18H20N2O3. The van der Waals surface area contributed by atoms with Gasteiger partial charge in [0.1, 0.15) is 6.61 Å². The molecule has 0 radical (unpaired) electrons. The van der Waals surface area contributed by atoms with Gasteiger partial charge in [-0.3, -0.25) is 9.59 Å². The van der Waals surface area contributed by atoms with Gasteiger partial charge >= 0.3 is 0 Å². The molecule has 2 aromatic rings. The Morgan fingerprint density at radius 2 is 1.83 bits per heavy atom. The molecule has 1 N–H and O–H groups in total. The molecule has 0 atom stereocenters. The molecule has 120 valence electrons. The number of carbonyl (C=O) groups is 1. The summed E-state index contributed by atoms with van der Waals surface area (Å²) in [4.78, 5) is 29.5. The Hall–Kier alpha value is -2.56. The van der Waals surface area contributed by atoms with Gasteiger partial charge in [0.15, 0.2) is 11.4 Å². The second kappa shape index (κ2) is 7.13. The summed E-state index contributed by atoms with van der Waals surface area (Å²) < 4.78 is 5.67. The maximum atomic E-state index is 12.7. The highest BCUT2D eigenvalue weighted by Crippen LogP contribution is 2.18. The summed E-state index contributed by atoms with van der Waals surface area (Å²) in [5.74, 6) is -0.0580. The van der Waals surface area contributed by atoms with Crippen molar-refractivity contribution < 1.29 is 9.53 Å². The van der Waals surface area contributed by atoms with Gasteiger partial charge in [0, 0.05) is 25.4 Å². The van der Waals surface area contributed by atoms with Gasteiger partial charge < -0.3 is 14.6 Å². The van der Waals surface area contributed by atoms with E-state index in [-0.39, 0.29) is 29.4 Å². The molecule has 1 aliphatic rings. The fourth-order valence-electron chi connectivity index (χ4n) is 2.75. The van der Waals surface area contributed by atoms with Gasteiger partial charge in [0.05, 0.1) is 0 Å². The number of aromatic nitrogens is 1. The minimum absolute atomic E-state index is 0.104. The second-order valence-corrected chi connectivity index (χ2v) is 5.67. The van der Waals surface area contributed by atoms with Gasteiger partial charge in [-0.2, -0.15) is 0 Å². The minimum Gasteiger partial charge on any atom is -0.483 e. The fourth-order valence-corrected chi connectivity index (χ4v) is 2.75. The summed E-state index contributed by atoms with van der Waals surface area (Å²) in [6, 6.07) is 11.0. The van der Waals surface area contributed by atoms with E-state index in [0.717, 1.165) is 37.9 Å². The molecule has 5 heteroatoms. The number of amides is 1. The summed E-state index contributed by atoms with van der Waals surface area (Å²) in [5, 5.41) is 0. The van der Waals surface area contributed by atoms with Crippen LogP contribution in [0.5, 0.6) is 5.75 Å². The van der Waals surface area contributed by atoms with Crippen molar-refractivity contribution in [1.29, 1.82) is 0 Å². The lowest BCUT2D eigenvalue weighted by Crippen LogP contribution is -2.36. The number of rotatable bonds is 4. The lowest BCUT2D eigenvalue weighted by atomic mass is 10.1. The molecule has 0 unspecified atom stereocenters. The van der Waals surface area contributed by atoms with Gasteiger partial charge in [0.25, 0.3) is 5.91 Å². The van der Waals surface area contributed by atoms with E-state index in [2.05, 4.69) is 4.98 Å². The highest BCUT2D eigenvalue weighted by Gasteiger charge is 2.23. The fraction of sp³-hybridized carbons (Fsp3) is 0.333. The summed E-state index contributed by atoms with van der Waals surface area (Å²) in [5.41, 5.74) is 0.919. The number of nitrogens with one attached hydrogen (secondary N) is 1. The largest absolute Gasteiger partial charge is 0.483 e. The van der Waals surface area contributed by atoms with Crippen molar-refractivity contribution in [2.75, 3.05) is 13.1 Å². The maximum Gasteiger partial charge on any atom is 0.274 e. The highest BCUT2D eigenvalue weighted by molar-refractivity contribution is 5.94. The Labute approximate surface area is 134 Å². The number of hydrogen-bond donors (Lipinski definition) is 1. The zero-order valence-electron chi connectivity index (χ0n) is 13.0. The number of hydrogen-bond acceptors (Lipinski definition) is 3. The monoisotopic (exact) mass is 312 g/mol. The van der Waals surface area contributed by atoms with Crippen LogP contribution in [-0.2, 0) is 6.61 Å². The first kappa shape index (κ1) is 15.3. The van der Waals surface area contributed by atoms with E-state index >= 15 is 0 Å². The van der Waals surface area contributed by atoms with Crippen LogP contribution >= 0.6 is 0 Å². The summed E-state index contributed by atoms with van der Waals surface area (Å²) in [7, 11) is 0. The van der Waals surface area contributed by atoms with Crippen LogP contribution in [0.3, 0.4) is 0 Å². The van der Waals surface area contributed by atoms with Crippen molar-refractivity contribution in [2.24, 2.45) is 0 Å². The standard InChI is InChI=1S/C18H20N2O3/c21-15-9-10-19-16(18(22)20-11-5-2-6-12-20)17(15)23-13-14-7-3-1-4-8-14/h1,3-4,7-10H,2,5-6,11-13H2,(H,19,21). The van der Waals surface area contributed by atoms with Crippen molar-refractivity contribution in [2.45, 2.75) is 25.9 Å². The normalized spacial score (nSPS) is 14.5. The van der Waals surface area contributed by atoms with E-state index in [1.807, 2.05) is 30.3 Å². The molecule has 5 nitrogen and oxygen atoms in total. The number of likely N-dealkylation sites (tertiary alicyclic amines) is 1. The lowest BCUT2D eigenvalue weighted by molar-refractivity contribution is 0.0712. The topological polar surface area (TPSA) is 62.4 Å². The van der Waals surface area contributed by atoms with Crippen LogP contribution in [0.2, 0.25) is 0 Å². The van der Waals surface area contributed by atoms with Crippen molar-refractivity contribution in [3.05, 3.63) is 64.1 Å². The van der Waals surface area contributed by atoms with E-state index in [4.69, 9.17) is 4.74 Å². The summed E-state index contributed by atoms with van der Waals surface area (Å²) >= 11 is 0. The van der Waals surface area contributed by atoms with Crippen molar-refractivity contribution >= 4 is 5.91 Å². The molecule has 0 bridgehead atoms. The molecule has 1 amide bonds. The minimum atomic E-state index is -0.278. The molecule has 23 heavy (non-hydrogen) atoms. The zero-order chi connectivity index (χ0) is 16.1. The Bertz CT molecular complexity index is 719. The number of H-pyrrole nitrogens is 1. The van der Waals surface area contributed by atoms with E-state index in [1.165, 1.54) is 12.3 Å². The lowest BCUT2D eigenvalue weighted by Gasteiger charge is -2.27. The molecule has 2 heterocycles. The zero-order valence-corrected chi connectivity index (χ0v) is 13.0. The third-order valence-corrected chi connectivity index (χ3v) is 4.00. The summed E-state index contributed by atoms with van der Waals surface area (Å²) in [6.45, 7) is 1.72. The first-order chi connectivity index (χ1) is 11.3. The molecule has 0 saturated carbocycles. The molecule has 3 rings (SSSR count). The average molecular weight is 312 g/mol. The van der Waals surface area contributed by atoms with Crippen LogP contribution in [0.25, 0.3) is 0 Å². The van der Waals surface area contributed by atoms with Crippen LogP contribution in [0.1, 0.15) is 35.3 Å². The molecule has 1 fully saturated rings. The summed E-state index contributed by atoms with van der Waals surface area (Å²) in [6.07, 6.45) is 4.65. The van der Waals surface area contributed by atoms with Crippen LogP contribution in [-0.4, -0.2) is 28.9 Å². The Morgan fingerprint density at radius 3 is 2.57 bits per heavy atom. The molecular weight excluding hydrogens is 292 g/mol. The Kier molecular flexibility index (Phi) is 4.76. The Balaban J connectivity index is 1.81. The first-order valence-corrected chi connectivity index (χ1v) is 7.93. The van der Waals surface area contributed by atoms with Crippen LogP contribution in [0.4, 0.5) is 0 Å². The van der Waals surface area contributed by atoms with Gasteiger partial charge in [-0.1, -0.05) is 30.3 Å². The van der Waals surface area contributed by atoms with E-state index in [1.54, 1.807) is 4.90 Å². The quantitative estimate of drug-likeness (QED) is 0.944. The molecule has 0 spiro atoms. The molecule has 1 aromatic carbocycles. The van der Waals surface area contributed by atoms with Crippen molar-refractivity contribution in [3.8, 4) is 5.75 Å². The molecule has 1 aromatic heterocycles. The predicted octanol–water partition coefficient (Wildman–Crippen LogP) is 2.58. The number of aromatic amines is 1. The number of ether oxygens (including phenoxy) is 1. The van der Waals surface area contributed by atoms with Crippen molar-refractivity contribution in [1.82, 2.24) is 9.88 Å². The number of benzene rings is 1. The van der Waals surface area contributed by atoms with Crippen LogP contribution in [0, 0.1) is 0 Å². The molecule has 1 aliphatic heterocycles. The number of nitrogens with zero attached hydrogens (tertiary/aromatic N) is 1. The maximum absolute atomic E-state index is 12.7. The number of piperidine rings is 1. The third-order valence-electron chi connectivity index (χ3n) is 4.00. The molecule has 1 saturated heterocycles. The van der Waals surface area contributed by atoms with Gasteiger partial charge in [-0.15, -0.1) is 0 Å². The molecule has 0 aliphatic carbocycles. The van der Waals surface area contributed by atoms with E-state index in [0.29, 0.717) is 0 Å². The second-order valence-electron chi connectivity index (χ2n) is 5.67. The SMILES string of the molecule is O=C(c1[nH]ccc(=O)c1OCc1ccccc1)N1CCCCC1. The highest BCUT2D eigenvalue weighted by atomic mass is 16.5. The Morgan fingerprint density at radius 1 is 1.09 bits per heavy atom. The van der Waals surface area contributed by atoms with Gasteiger partial charge in [-0.05, 0) is 24.8 Å². The number of carbonyl (C=O) groups excluding carboxylic acids is 1. The third kappa shape index (κ3) is 3.62. The van der Waals surface area contributed by atoms with E-state index in [9.17, 15) is 9.59 Å². The van der Waals surface area contributed by atoms with Crippen LogP contribution < -0.4 is 10.2 Å². The van der Waals surface area contributed by atoms with Crippen LogP contribution in [0.15, 0.2) is 47.4 Å². The first-order valence-electron chi connectivity index (χ1n) is 7.93. The smallest absolute Gasteiger partial charge is 0.274 e.